The first-order valence-electron chi connectivity index (χ1n) is 7.11. The third kappa shape index (κ3) is 4.90. The summed E-state index contributed by atoms with van der Waals surface area (Å²) in [6.45, 7) is 1.84. The maximum atomic E-state index is 12.7. The van der Waals surface area contributed by atoms with E-state index >= 15 is 0 Å². The molecule has 25 heavy (non-hydrogen) atoms. The molecule has 0 bridgehead atoms. The highest BCUT2D eigenvalue weighted by molar-refractivity contribution is 6.10. The molecule has 0 unspecified atom stereocenters. The van der Waals surface area contributed by atoms with Crippen LogP contribution in [0.25, 0.3) is 0 Å². The Morgan fingerprint density at radius 1 is 1.12 bits per heavy atom. The minimum absolute atomic E-state index is 0.00341. The van der Waals surface area contributed by atoms with Crippen molar-refractivity contribution < 1.29 is 18.1 Å². The number of rotatable bonds is 4. The van der Waals surface area contributed by atoms with Crippen LogP contribution in [0.1, 0.15) is 11.1 Å². The molecule has 0 spiro atoms. The minimum Gasteiger partial charge on any atom is -0.395 e. The molecule has 130 valence electrons. The average molecular weight is 349 g/mol. The summed E-state index contributed by atoms with van der Waals surface area (Å²) >= 11 is 0. The van der Waals surface area contributed by atoms with Gasteiger partial charge >= 0.3 is 6.18 Å². The van der Waals surface area contributed by atoms with E-state index in [1.807, 2.05) is 6.92 Å². The third-order valence-electron chi connectivity index (χ3n) is 3.28. The molecular formula is C17H14F3N3O2. The van der Waals surface area contributed by atoms with E-state index in [9.17, 15) is 23.3 Å². The lowest BCUT2D eigenvalue weighted by Crippen LogP contribution is -2.20. The smallest absolute Gasteiger partial charge is 0.395 e. The maximum Gasteiger partial charge on any atom is 0.430 e. The number of hydrogen-bond acceptors (Lipinski definition) is 4. The second-order valence-electron chi connectivity index (χ2n) is 5.23. The lowest BCUT2D eigenvalue weighted by atomic mass is 10.1. The zero-order chi connectivity index (χ0) is 18.6. The molecule has 0 saturated heterocycles. The van der Waals surface area contributed by atoms with Crippen molar-refractivity contribution in [2.24, 2.45) is 10.7 Å². The Hall–Kier alpha value is -3.16. The second-order valence-corrected chi connectivity index (χ2v) is 5.23. The number of allylic oxidation sites excluding steroid dienone is 2. The first-order valence-corrected chi connectivity index (χ1v) is 7.11. The van der Waals surface area contributed by atoms with E-state index in [0.717, 1.165) is 11.6 Å². The fourth-order valence-electron chi connectivity index (χ4n) is 1.92. The summed E-state index contributed by atoms with van der Waals surface area (Å²) in [5, 5.41) is 10.7. The lowest BCUT2D eigenvalue weighted by Gasteiger charge is -2.09. The minimum atomic E-state index is -4.68. The fraction of sp³-hybridized carbons (Fsp3) is 0.118. The number of halogens is 3. The second kappa shape index (κ2) is 7.16. The van der Waals surface area contributed by atoms with Crippen LogP contribution in [0.3, 0.4) is 0 Å². The number of aliphatic imine (C=N–C) groups is 1. The lowest BCUT2D eigenvalue weighted by molar-refractivity contribution is -0.384. The number of non-ortho nitro benzene ring substituents is 1. The van der Waals surface area contributed by atoms with E-state index in [1.165, 1.54) is 24.3 Å². The Balaban J connectivity index is 2.50. The van der Waals surface area contributed by atoms with Gasteiger partial charge in [-0.15, -0.1) is 0 Å². The molecule has 0 fully saturated rings. The van der Waals surface area contributed by atoms with Gasteiger partial charge in [-0.3, -0.25) is 10.1 Å². The molecule has 0 aliphatic rings. The monoisotopic (exact) mass is 349 g/mol. The van der Waals surface area contributed by atoms with Gasteiger partial charge in [0.15, 0.2) is 0 Å². The van der Waals surface area contributed by atoms with E-state index < -0.39 is 16.8 Å². The number of nitrogens with two attached hydrogens (primary N) is 1. The average Bonchev–Trinajstić information content (AvgIpc) is 2.54. The van der Waals surface area contributed by atoms with Crippen LogP contribution in [-0.4, -0.2) is 16.8 Å². The molecule has 2 aromatic carbocycles. The van der Waals surface area contributed by atoms with E-state index in [4.69, 9.17) is 5.73 Å². The molecule has 0 amide bonds. The maximum absolute atomic E-state index is 12.7. The van der Waals surface area contributed by atoms with Crippen LogP contribution in [0.2, 0.25) is 0 Å². The Labute approximate surface area is 141 Å². The Kier molecular flexibility index (Phi) is 5.21. The molecule has 0 radical (unpaired) electrons. The largest absolute Gasteiger partial charge is 0.430 e. The van der Waals surface area contributed by atoms with Gasteiger partial charge in [0.05, 0.1) is 16.3 Å². The van der Waals surface area contributed by atoms with Crippen LogP contribution in [0.15, 0.2) is 65.3 Å². The van der Waals surface area contributed by atoms with Gasteiger partial charge in [0.1, 0.15) is 5.70 Å². The van der Waals surface area contributed by atoms with Crippen molar-refractivity contribution in [2.45, 2.75) is 13.1 Å². The molecule has 2 aromatic rings. The summed E-state index contributed by atoms with van der Waals surface area (Å²) in [4.78, 5) is 14.2. The van der Waals surface area contributed by atoms with Crippen LogP contribution < -0.4 is 5.73 Å². The Morgan fingerprint density at radius 3 is 2.16 bits per heavy atom. The Morgan fingerprint density at radius 2 is 1.68 bits per heavy atom. The molecule has 8 heteroatoms. The molecule has 0 aromatic heterocycles. The molecule has 0 aliphatic heterocycles. The van der Waals surface area contributed by atoms with Crippen molar-refractivity contribution in [3.63, 3.8) is 0 Å². The molecule has 0 atom stereocenters. The van der Waals surface area contributed by atoms with Gasteiger partial charge in [-0.2, -0.15) is 13.2 Å². The predicted molar refractivity (Wildman–Crippen MR) is 88.8 cm³/mol. The van der Waals surface area contributed by atoms with Gasteiger partial charge in [-0.05, 0) is 25.1 Å². The van der Waals surface area contributed by atoms with Crippen molar-refractivity contribution in [1.82, 2.24) is 0 Å². The highest BCUT2D eigenvalue weighted by atomic mass is 19.4. The highest BCUT2D eigenvalue weighted by Crippen LogP contribution is 2.24. The van der Waals surface area contributed by atoms with Crippen molar-refractivity contribution in [2.75, 3.05) is 0 Å². The van der Waals surface area contributed by atoms with E-state index in [0.29, 0.717) is 5.56 Å². The van der Waals surface area contributed by atoms with Gasteiger partial charge in [0.2, 0.25) is 0 Å². The normalized spacial score (nSPS) is 13.0. The van der Waals surface area contributed by atoms with Crippen LogP contribution in [0, 0.1) is 17.0 Å². The summed E-state index contributed by atoms with van der Waals surface area (Å²) < 4.78 is 38.2. The van der Waals surface area contributed by atoms with Crippen LogP contribution in [-0.2, 0) is 0 Å². The van der Waals surface area contributed by atoms with Gasteiger partial charge in [-0.25, -0.2) is 4.99 Å². The molecular weight excluding hydrogens is 335 g/mol. The Bertz CT molecular complexity index is 824. The van der Waals surface area contributed by atoms with Gasteiger partial charge in [0.25, 0.3) is 5.69 Å². The molecule has 0 saturated carbocycles. The first-order chi connectivity index (χ1) is 11.7. The molecule has 5 nitrogen and oxygen atoms in total. The first kappa shape index (κ1) is 18.2. The SMILES string of the molecule is Cc1ccc(C(C=C(N)C(F)(F)F)=Nc2ccc([N+](=O)[O-])cc2)cc1. The van der Waals surface area contributed by atoms with Crippen molar-refractivity contribution >= 4 is 17.1 Å². The fourth-order valence-corrected chi connectivity index (χ4v) is 1.92. The number of nitrogens with zero attached hydrogens (tertiary/aromatic N) is 2. The zero-order valence-corrected chi connectivity index (χ0v) is 13.1. The zero-order valence-electron chi connectivity index (χ0n) is 13.1. The summed E-state index contributed by atoms with van der Waals surface area (Å²) in [7, 11) is 0. The van der Waals surface area contributed by atoms with Gasteiger partial charge in [-0.1, -0.05) is 29.8 Å². The molecule has 0 aliphatic carbocycles. The number of benzene rings is 2. The number of alkyl halides is 3. The molecule has 2 rings (SSSR count). The van der Waals surface area contributed by atoms with Crippen LogP contribution in [0.5, 0.6) is 0 Å². The van der Waals surface area contributed by atoms with Crippen molar-refractivity contribution in [3.05, 3.63) is 81.5 Å². The topological polar surface area (TPSA) is 81.5 Å². The van der Waals surface area contributed by atoms with E-state index in [-0.39, 0.29) is 17.1 Å². The van der Waals surface area contributed by atoms with Crippen molar-refractivity contribution in [3.8, 4) is 0 Å². The van der Waals surface area contributed by atoms with E-state index in [1.54, 1.807) is 24.3 Å². The van der Waals surface area contributed by atoms with Crippen LogP contribution >= 0.6 is 0 Å². The van der Waals surface area contributed by atoms with Gasteiger partial charge in [0, 0.05) is 17.7 Å². The number of nitro benzene ring substituents is 1. The van der Waals surface area contributed by atoms with E-state index in [2.05, 4.69) is 4.99 Å². The quantitative estimate of drug-likeness (QED) is 0.504. The number of aryl methyl sites for hydroxylation is 1. The summed E-state index contributed by atoms with van der Waals surface area (Å²) in [5.41, 5.74) is 5.33. The summed E-state index contributed by atoms with van der Waals surface area (Å²) in [6.07, 6.45) is -3.94. The summed E-state index contributed by atoms with van der Waals surface area (Å²) in [6, 6.07) is 11.9. The highest BCUT2D eigenvalue weighted by Gasteiger charge is 2.31. The van der Waals surface area contributed by atoms with Crippen LogP contribution in [0.4, 0.5) is 24.5 Å². The molecule has 2 N–H and O–H groups in total. The predicted octanol–water partition coefficient (Wildman–Crippen LogP) is 4.43. The number of hydrogen-bond donors (Lipinski definition) is 1. The third-order valence-corrected chi connectivity index (χ3v) is 3.28. The van der Waals surface area contributed by atoms with Gasteiger partial charge < -0.3 is 5.73 Å². The summed E-state index contributed by atoms with van der Waals surface area (Å²) in [5.74, 6) is 0. The van der Waals surface area contributed by atoms with Crippen molar-refractivity contribution in [1.29, 1.82) is 0 Å². The standard InChI is InChI=1S/C17H14F3N3O2/c1-11-2-4-12(5-3-11)15(10-16(21)17(18,19)20)22-13-6-8-14(9-7-13)23(24)25/h2-10H,21H2,1H3. The molecule has 0 heterocycles. The number of nitro groups is 1.